The van der Waals surface area contributed by atoms with Gasteiger partial charge in [-0.2, -0.15) is 0 Å². The molecule has 0 aliphatic carbocycles. The van der Waals surface area contributed by atoms with E-state index in [9.17, 15) is 9.59 Å². The molecule has 0 saturated carbocycles. The van der Waals surface area contributed by atoms with Gasteiger partial charge in [0.15, 0.2) is 0 Å². The quantitative estimate of drug-likeness (QED) is 0.863. The van der Waals surface area contributed by atoms with Gasteiger partial charge in [-0.05, 0) is 42.8 Å². The van der Waals surface area contributed by atoms with Gasteiger partial charge in [0.25, 0.3) is 0 Å². The molecule has 1 heterocycles. The molecule has 3 amide bonds. The van der Waals surface area contributed by atoms with Crippen molar-refractivity contribution in [3.63, 3.8) is 0 Å². The lowest BCUT2D eigenvalue weighted by Crippen LogP contribution is -2.25. The number of carbonyl (C=O) groups is 2. The summed E-state index contributed by atoms with van der Waals surface area (Å²) >= 11 is 0. The number of benzene rings is 2. The van der Waals surface area contributed by atoms with E-state index in [1.54, 1.807) is 36.3 Å². The molecule has 2 N–H and O–H groups in total. The van der Waals surface area contributed by atoms with Crippen LogP contribution in [-0.2, 0) is 11.2 Å². The topological polar surface area (TPSA) is 79.9 Å². The molecule has 0 unspecified atom stereocenters. The average molecular weight is 355 g/mol. The molecule has 0 atom stereocenters. The summed E-state index contributed by atoms with van der Waals surface area (Å²) in [5.74, 6) is 1.21. The molecule has 1 aliphatic heterocycles. The Kier molecular flexibility index (Phi) is 4.97. The highest BCUT2D eigenvalue weighted by Crippen LogP contribution is 2.32. The molecular formula is C19H21N3O4. The van der Waals surface area contributed by atoms with E-state index in [0.29, 0.717) is 35.8 Å². The van der Waals surface area contributed by atoms with Crippen LogP contribution in [0.1, 0.15) is 12.5 Å². The molecule has 0 saturated heterocycles. The first-order valence-corrected chi connectivity index (χ1v) is 8.29. The molecule has 26 heavy (non-hydrogen) atoms. The van der Waals surface area contributed by atoms with Crippen molar-refractivity contribution in [2.24, 2.45) is 0 Å². The van der Waals surface area contributed by atoms with Gasteiger partial charge in [-0.1, -0.05) is 0 Å². The first-order valence-electron chi connectivity index (χ1n) is 8.29. The van der Waals surface area contributed by atoms with Crippen molar-refractivity contribution in [3.8, 4) is 11.5 Å². The monoisotopic (exact) mass is 355 g/mol. The van der Waals surface area contributed by atoms with E-state index >= 15 is 0 Å². The van der Waals surface area contributed by atoms with Gasteiger partial charge in [0, 0.05) is 24.0 Å². The van der Waals surface area contributed by atoms with Crippen LogP contribution in [0.2, 0.25) is 0 Å². The molecule has 0 spiro atoms. The third kappa shape index (κ3) is 3.42. The summed E-state index contributed by atoms with van der Waals surface area (Å²) < 4.78 is 10.4. The zero-order valence-corrected chi connectivity index (χ0v) is 15.0. The first-order chi connectivity index (χ1) is 12.5. The van der Waals surface area contributed by atoms with Crippen molar-refractivity contribution < 1.29 is 19.1 Å². The van der Waals surface area contributed by atoms with E-state index in [4.69, 9.17) is 9.47 Å². The number of ether oxygens (including phenoxy) is 2. The van der Waals surface area contributed by atoms with Gasteiger partial charge in [0.2, 0.25) is 5.91 Å². The Morgan fingerprint density at radius 3 is 2.62 bits per heavy atom. The minimum atomic E-state index is -0.398. The molecule has 136 valence electrons. The Hall–Kier alpha value is -3.22. The number of likely N-dealkylation sites (N-methyl/N-ethyl adjacent to an activating group) is 1. The summed E-state index contributed by atoms with van der Waals surface area (Å²) in [7, 11) is 3.09. The SMILES string of the molecule is CCN1C(=O)Cc2cc(NC(=O)Nc3ccc(OC)cc3OC)ccc21. The number of nitrogens with zero attached hydrogens (tertiary/aromatic N) is 1. The van der Waals surface area contributed by atoms with Crippen LogP contribution in [0.25, 0.3) is 0 Å². The van der Waals surface area contributed by atoms with Crippen molar-refractivity contribution in [3.05, 3.63) is 42.0 Å². The molecule has 0 aromatic heterocycles. The molecular weight excluding hydrogens is 334 g/mol. The van der Waals surface area contributed by atoms with Crippen molar-refractivity contribution in [1.29, 1.82) is 0 Å². The summed E-state index contributed by atoms with van der Waals surface area (Å²) in [5.41, 5.74) is 2.97. The van der Waals surface area contributed by atoms with Gasteiger partial charge in [-0.25, -0.2) is 4.79 Å². The van der Waals surface area contributed by atoms with Gasteiger partial charge in [-0.3, -0.25) is 4.79 Å². The third-order valence-electron chi connectivity index (χ3n) is 4.24. The second-order valence-corrected chi connectivity index (χ2v) is 5.80. The molecule has 3 rings (SSSR count). The minimum Gasteiger partial charge on any atom is -0.497 e. The van der Waals surface area contributed by atoms with Crippen LogP contribution in [0.5, 0.6) is 11.5 Å². The van der Waals surface area contributed by atoms with Gasteiger partial charge in [0.05, 0.1) is 26.3 Å². The van der Waals surface area contributed by atoms with E-state index in [2.05, 4.69) is 10.6 Å². The van der Waals surface area contributed by atoms with Crippen LogP contribution in [0.4, 0.5) is 21.9 Å². The van der Waals surface area contributed by atoms with Crippen LogP contribution in [0.15, 0.2) is 36.4 Å². The lowest BCUT2D eigenvalue weighted by atomic mass is 10.1. The van der Waals surface area contributed by atoms with Crippen LogP contribution in [-0.4, -0.2) is 32.7 Å². The third-order valence-corrected chi connectivity index (χ3v) is 4.24. The fraction of sp³-hybridized carbons (Fsp3) is 0.263. The summed E-state index contributed by atoms with van der Waals surface area (Å²) in [6.07, 6.45) is 0.354. The standard InChI is InChI=1S/C19H21N3O4/c1-4-22-16-8-5-13(9-12(16)10-18(22)23)20-19(24)21-15-7-6-14(25-2)11-17(15)26-3/h5-9,11H,4,10H2,1-3H3,(H2,20,21,24). The molecule has 7 heteroatoms. The largest absolute Gasteiger partial charge is 0.497 e. The Labute approximate surface area is 151 Å². The molecule has 1 aliphatic rings. The maximum absolute atomic E-state index is 12.3. The average Bonchev–Trinajstić information content (AvgIpc) is 2.96. The maximum Gasteiger partial charge on any atom is 0.323 e. The van der Waals surface area contributed by atoms with Gasteiger partial charge < -0.3 is 25.0 Å². The van der Waals surface area contributed by atoms with E-state index in [-0.39, 0.29) is 5.91 Å². The van der Waals surface area contributed by atoms with E-state index < -0.39 is 6.03 Å². The van der Waals surface area contributed by atoms with Crippen molar-refractivity contribution in [1.82, 2.24) is 0 Å². The Bertz CT molecular complexity index is 851. The zero-order chi connectivity index (χ0) is 18.7. The number of amides is 3. The summed E-state index contributed by atoms with van der Waals surface area (Å²) in [4.78, 5) is 26.0. The number of anilines is 3. The predicted molar refractivity (Wildman–Crippen MR) is 100 cm³/mol. The molecule has 0 bridgehead atoms. The summed E-state index contributed by atoms with van der Waals surface area (Å²) in [5, 5.41) is 5.53. The molecule has 2 aromatic rings. The number of fused-ring (bicyclic) bond motifs is 1. The number of methoxy groups -OCH3 is 2. The highest BCUT2D eigenvalue weighted by Gasteiger charge is 2.26. The predicted octanol–water partition coefficient (Wildman–Crippen LogP) is 3.26. The maximum atomic E-state index is 12.3. The van der Waals surface area contributed by atoms with Crippen molar-refractivity contribution in [2.45, 2.75) is 13.3 Å². The zero-order valence-electron chi connectivity index (χ0n) is 15.0. The molecule has 0 radical (unpaired) electrons. The van der Waals surface area contributed by atoms with Crippen LogP contribution in [0.3, 0.4) is 0 Å². The number of carbonyl (C=O) groups excluding carboxylic acids is 2. The lowest BCUT2D eigenvalue weighted by Gasteiger charge is -2.15. The van der Waals surface area contributed by atoms with Crippen molar-refractivity contribution >= 4 is 29.0 Å². The number of hydrogen-bond donors (Lipinski definition) is 2. The van der Waals surface area contributed by atoms with Crippen molar-refractivity contribution in [2.75, 3.05) is 36.3 Å². The summed E-state index contributed by atoms with van der Waals surface area (Å²) in [6.45, 7) is 2.57. The Balaban J connectivity index is 1.72. The van der Waals surface area contributed by atoms with E-state index in [1.807, 2.05) is 19.1 Å². The number of rotatable bonds is 5. The van der Waals surface area contributed by atoms with Crippen LogP contribution in [0, 0.1) is 0 Å². The molecule has 0 fully saturated rings. The van der Waals surface area contributed by atoms with Gasteiger partial charge in [-0.15, -0.1) is 0 Å². The van der Waals surface area contributed by atoms with Crippen LogP contribution >= 0.6 is 0 Å². The minimum absolute atomic E-state index is 0.0760. The second kappa shape index (κ2) is 7.35. The Morgan fingerprint density at radius 1 is 1.12 bits per heavy atom. The fourth-order valence-electron chi connectivity index (χ4n) is 2.99. The highest BCUT2D eigenvalue weighted by atomic mass is 16.5. The lowest BCUT2D eigenvalue weighted by molar-refractivity contribution is -0.117. The first kappa shape index (κ1) is 17.6. The number of hydrogen-bond acceptors (Lipinski definition) is 4. The smallest absolute Gasteiger partial charge is 0.323 e. The van der Waals surface area contributed by atoms with E-state index in [1.165, 1.54) is 7.11 Å². The highest BCUT2D eigenvalue weighted by molar-refractivity contribution is 6.04. The second-order valence-electron chi connectivity index (χ2n) is 5.80. The normalized spacial score (nSPS) is 12.6. The van der Waals surface area contributed by atoms with Gasteiger partial charge in [0.1, 0.15) is 11.5 Å². The number of urea groups is 1. The van der Waals surface area contributed by atoms with Crippen LogP contribution < -0.4 is 25.0 Å². The summed E-state index contributed by atoms with van der Waals surface area (Å²) in [6, 6.07) is 10.2. The number of nitrogens with one attached hydrogen (secondary N) is 2. The van der Waals surface area contributed by atoms with E-state index in [0.717, 1.165) is 11.3 Å². The molecule has 7 nitrogen and oxygen atoms in total. The molecule has 2 aromatic carbocycles. The fourth-order valence-corrected chi connectivity index (χ4v) is 2.99. The Morgan fingerprint density at radius 2 is 1.92 bits per heavy atom. The van der Waals surface area contributed by atoms with Gasteiger partial charge >= 0.3 is 6.03 Å².